The number of hydrogen-bond acceptors (Lipinski definition) is 11. The van der Waals surface area contributed by atoms with Gasteiger partial charge in [-0.25, -0.2) is 4.18 Å². The molecule has 4 N–H and O–H groups in total. The molecular weight excluding hydrogens is 825 g/mol. The summed E-state index contributed by atoms with van der Waals surface area (Å²) in [5.41, 5.74) is 0. The van der Waals surface area contributed by atoms with Crippen molar-refractivity contribution in [2.24, 2.45) is 0 Å². The molecule has 0 aliphatic carbocycles. The number of carbonyl (C=O) groups excluding carboxylic acids is 1. The van der Waals surface area contributed by atoms with E-state index >= 15 is 0 Å². The first kappa shape index (κ1) is 58.6. The number of aliphatic hydroxyl groups excluding tert-OH is 3. The van der Waals surface area contributed by atoms with E-state index in [0.717, 1.165) is 83.5 Å². The quantitative estimate of drug-likeness (QED) is 0.0198. The van der Waals surface area contributed by atoms with Crippen molar-refractivity contribution in [3.63, 3.8) is 0 Å². The van der Waals surface area contributed by atoms with Gasteiger partial charge < -0.3 is 34.3 Å². The lowest BCUT2D eigenvalue weighted by atomic mass is 9.99. The summed E-state index contributed by atoms with van der Waals surface area (Å²) in [6.45, 7) is 3.81. The lowest BCUT2D eigenvalue weighted by molar-refractivity contribution is -0.301. The Bertz CT molecular complexity index is 1370. The molecular formula is C50H86O12S. The smallest absolute Gasteiger partial charge is 0.397 e. The van der Waals surface area contributed by atoms with E-state index in [1.807, 2.05) is 0 Å². The monoisotopic (exact) mass is 911 g/mol. The first-order chi connectivity index (χ1) is 30.6. The van der Waals surface area contributed by atoms with Crippen LogP contribution in [0.2, 0.25) is 0 Å². The number of carbonyl (C=O) groups is 1. The summed E-state index contributed by atoms with van der Waals surface area (Å²) in [6, 6.07) is 0. The minimum atomic E-state index is -5.07. The van der Waals surface area contributed by atoms with Crippen LogP contribution in [0.25, 0.3) is 0 Å². The van der Waals surface area contributed by atoms with Gasteiger partial charge in [0.2, 0.25) is 0 Å². The number of allylic oxidation sites excluding steroid dienone is 12. The molecule has 12 nitrogen and oxygen atoms in total. The highest BCUT2D eigenvalue weighted by molar-refractivity contribution is 7.80. The number of aliphatic hydroxyl groups is 3. The van der Waals surface area contributed by atoms with E-state index in [-0.39, 0.29) is 19.6 Å². The van der Waals surface area contributed by atoms with Gasteiger partial charge in [-0.05, 0) is 83.5 Å². The molecule has 0 bridgehead atoms. The minimum absolute atomic E-state index is 0.0147. The molecule has 0 amide bonds. The van der Waals surface area contributed by atoms with Gasteiger partial charge in [-0.15, -0.1) is 0 Å². The summed E-state index contributed by atoms with van der Waals surface area (Å²) in [4.78, 5) is 12.9. The van der Waals surface area contributed by atoms with Crippen LogP contribution in [-0.4, -0.2) is 97.5 Å². The average molecular weight is 911 g/mol. The number of rotatable bonds is 41. The van der Waals surface area contributed by atoms with Gasteiger partial charge in [-0.1, -0.05) is 157 Å². The van der Waals surface area contributed by atoms with Crippen molar-refractivity contribution < 1.29 is 56.2 Å². The summed E-state index contributed by atoms with van der Waals surface area (Å²) in [6.07, 6.45) is 43.6. The molecule has 1 rings (SSSR count). The fraction of sp³-hybridized carbons (Fsp3) is 0.740. The molecule has 63 heavy (non-hydrogen) atoms. The number of hydrogen-bond donors (Lipinski definition) is 4. The second-order valence-corrected chi connectivity index (χ2v) is 17.4. The molecule has 0 saturated carbocycles. The van der Waals surface area contributed by atoms with Gasteiger partial charge in [0.15, 0.2) is 6.29 Å². The van der Waals surface area contributed by atoms with Gasteiger partial charge in [0, 0.05) is 13.0 Å². The van der Waals surface area contributed by atoms with Gasteiger partial charge in [0.1, 0.15) is 30.5 Å². The molecule has 0 aromatic rings. The molecule has 364 valence electrons. The Morgan fingerprint density at radius 3 is 1.62 bits per heavy atom. The van der Waals surface area contributed by atoms with E-state index in [2.05, 4.69) is 90.9 Å². The first-order valence-electron chi connectivity index (χ1n) is 24.2. The van der Waals surface area contributed by atoms with E-state index in [1.54, 1.807) is 0 Å². The Hall–Kier alpha value is -2.46. The highest BCUT2D eigenvalue weighted by Gasteiger charge is 2.48. The molecule has 1 aliphatic rings. The second-order valence-electron chi connectivity index (χ2n) is 16.3. The van der Waals surface area contributed by atoms with Crippen molar-refractivity contribution in [1.82, 2.24) is 0 Å². The van der Waals surface area contributed by atoms with Gasteiger partial charge in [-0.3, -0.25) is 9.35 Å². The molecule has 6 atom stereocenters. The maximum atomic E-state index is 12.9. The Kier molecular flexibility index (Phi) is 38.1. The molecule has 0 aromatic carbocycles. The Morgan fingerprint density at radius 2 is 1.10 bits per heavy atom. The van der Waals surface area contributed by atoms with Crippen LogP contribution in [0.3, 0.4) is 0 Å². The highest BCUT2D eigenvalue weighted by Crippen LogP contribution is 2.26. The fourth-order valence-electron chi connectivity index (χ4n) is 6.93. The number of esters is 1. The number of unbranched alkanes of at least 4 members (excludes halogenated alkanes) is 16. The zero-order valence-electron chi connectivity index (χ0n) is 38.9. The molecule has 1 fully saturated rings. The SMILES string of the molecule is CC/C=C\C/C=C\C/C=C\C/C=C\C/C=C\CCCCCC(=O)OC(COCCCCCCCC/C=C\CCCCCCCCC)COC1OC(CO)C(O)C(OS(=O)(=O)O)C1O. The van der Waals surface area contributed by atoms with Gasteiger partial charge >= 0.3 is 16.4 Å². The Morgan fingerprint density at radius 1 is 0.619 bits per heavy atom. The summed E-state index contributed by atoms with van der Waals surface area (Å²) >= 11 is 0. The van der Waals surface area contributed by atoms with Gasteiger partial charge in [0.05, 0.1) is 19.8 Å². The summed E-state index contributed by atoms with van der Waals surface area (Å²) in [5, 5.41) is 30.7. The van der Waals surface area contributed by atoms with Crippen LogP contribution in [0, 0.1) is 0 Å². The first-order valence-corrected chi connectivity index (χ1v) is 25.6. The molecule has 1 aliphatic heterocycles. The van der Waals surface area contributed by atoms with Crippen LogP contribution in [0.5, 0.6) is 0 Å². The molecule has 0 spiro atoms. The van der Waals surface area contributed by atoms with Crippen molar-refractivity contribution in [3.8, 4) is 0 Å². The molecule has 1 saturated heterocycles. The van der Waals surface area contributed by atoms with Crippen molar-refractivity contribution in [1.29, 1.82) is 0 Å². The molecule has 6 unspecified atom stereocenters. The zero-order valence-corrected chi connectivity index (χ0v) is 39.7. The second kappa shape index (κ2) is 41.0. The van der Waals surface area contributed by atoms with Crippen LogP contribution in [-0.2, 0) is 38.3 Å². The predicted molar refractivity (Wildman–Crippen MR) is 252 cm³/mol. The van der Waals surface area contributed by atoms with E-state index in [0.29, 0.717) is 13.0 Å². The van der Waals surface area contributed by atoms with Crippen LogP contribution in [0.1, 0.15) is 174 Å². The molecule has 0 aromatic heterocycles. The summed E-state index contributed by atoms with van der Waals surface area (Å²) in [7, 11) is -5.07. The standard InChI is InChI=1S/C50H86O12S/c1-3-5-7-9-11-13-15-17-19-21-22-23-25-27-29-31-33-35-37-39-46(52)60-44(43-59-50-48(54)49(62-63(55,56)57)47(53)45(41-51)61-50)42-58-40-38-36-34-32-30-28-26-24-20-18-16-14-12-10-8-6-4-2/h5,7,11,13,17,19-20,22-24,27,29,44-45,47-51,53-54H,3-4,6,8-10,12,14-16,18,21,25-26,28,30-43H2,1-2H3,(H,55,56,57)/b7-5-,13-11-,19-17-,23-22-,24-20-,29-27-. The maximum Gasteiger partial charge on any atom is 0.397 e. The third-order valence-electron chi connectivity index (χ3n) is 10.6. The molecule has 0 radical (unpaired) electrons. The van der Waals surface area contributed by atoms with Crippen LogP contribution < -0.4 is 0 Å². The zero-order chi connectivity index (χ0) is 46.1. The molecule has 13 heteroatoms. The largest absolute Gasteiger partial charge is 0.457 e. The van der Waals surface area contributed by atoms with Gasteiger partial charge in [0.25, 0.3) is 0 Å². The predicted octanol–water partition coefficient (Wildman–Crippen LogP) is 10.7. The summed E-state index contributed by atoms with van der Waals surface area (Å²) in [5.74, 6) is -0.434. The fourth-order valence-corrected chi connectivity index (χ4v) is 7.44. The third kappa shape index (κ3) is 34.5. The Labute approximate surface area is 381 Å². The van der Waals surface area contributed by atoms with Crippen molar-refractivity contribution in [2.75, 3.05) is 26.4 Å². The van der Waals surface area contributed by atoms with E-state index in [9.17, 15) is 33.1 Å². The van der Waals surface area contributed by atoms with Crippen molar-refractivity contribution >= 4 is 16.4 Å². The van der Waals surface area contributed by atoms with Crippen molar-refractivity contribution in [3.05, 3.63) is 72.9 Å². The van der Waals surface area contributed by atoms with E-state index in [4.69, 9.17) is 18.9 Å². The minimum Gasteiger partial charge on any atom is -0.457 e. The van der Waals surface area contributed by atoms with Gasteiger partial charge in [-0.2, -0.15) is 8.42 Å². The van der Waals surface area contributed by atoms with Crippen molar-refractivity contribution in [2.45, 2.75) is 211 Å². The van der Waals surface area contributed by atoms with Crippen LogP contribution in [0.15, 0.2) is 72.9 Å². The van der Waals surface area contributed by atoms with E-state index in [1.165, 1.54) is 64.2 Å². The normalized spacial score (nSPS) is 20.5. The summed E-state index contributed by atoms with van der Waals surface area (Å²) < 4.78 is 59.1. The third-order valence-corrected chi connectivity index (χ3v) is 11.0. The van der Waals surface area contributed by atoms with Crippen LogP contribution >= 0.6 is 0 Å². The highest BCUT2D eigenvalue weighted by atomic mass is 32.3. The van der Waals surface area contributed by atoms with E-state index < -0.39 is 59.8 Å². The maximum absolute atomic E-state index is 12.9. The topological polar surface area (TPSA) is 178 Å². The average Bonchev–Trinajstić information content (AvgIpc) is 3.26. The number of ether oxygens (including phenoxy) is 4. The Balaban J connectivity index is 2.44. The lowest BCUT2D eigenvalue weighted by Crippen LogP contribution is -2.60. The lowest BCUT2D eigenvalue weighted by Gasteiger charge is -2.41. The molecule has 1 heterocycles. The van der Waals surface area contributed by atoms with Crippen LogP contribution in [0.4, 0.5) is 0 Å².